The maximum atomic E-state index is 13.5. The predicted molar refractivity (Wildman–Crippen MR) is 134 cm³/mol. The van der Waals surface area contributed by atoms with Gasteiger partial charge in [-0.1, -0.05) is 6.07 Å². The van der Waals surface area contributed by atoms with E-state index in [0.29, 0.717) is 35.8 Å². The first kappa shape index (κ1) is 26.0. The average molecular weight is 529 g/mol. The van der Waals surface area contributed by atoms with Crippen LogP contribution in [-0.2, 0) is 14.8 Å². The van der Waals surface area contributed by atoms with Gasteiger partial charge in [0.15, 0.2) is 5.76 Å². The highest BCUT2D eigenvalue weighted by molar-refractivity contribution is 7.93. The molecule has 13 heteroatoms. The number of furan rings is 1. The number of likely N-dealkylation sites (tertiary alicyclic amines) is 1. The maximum absolute atomic E-state index is 13.5. The summed E-state index contributed by atoms with van der Waals surface area (Å²) < 4.78 is 47.4. The smallest absolute Gasteiger partial charge is 0.243 e. The van der Waals surface area contributed by atoms with Crippen LogP contribution < -0.4 is 14.2 Å². The van der Waals surface area contributed by atoms with Gasteiger partial charge in [0, 0.05) is 13.0 Å². The van der Waals surface area contributed by atoms with E-state index in [0.717, 1.165) is 0 Å². The Bertz CT molecular complexity index is 1410. The number of nitrogens with zero attached hydrogens (tertiary/aromatic N) is 5. The lowest BCUT2D eigenvalue weighted by atomic mass is 9.89. The Hall–Kier alpha value is -4.05. The third-order valence-electron chi connectivity index (χ3n) is 6.42. The van der Waals surface area contributed by atoms with Gasteiger partial charge in [0.05, 0.1) is 31.8 Å². The van der Waals surface area contributed by atoms with Gasteiger partial charge in [0.2, 0.25) is 27.7 Å². The van der Waals surface area contributed by atoms with Crippen molar-refractivity contribution in [3.8, 4) is 34.8 Å². The number of ether oxygens (including phenoxy) is 2. The molecule has 37 heavy (non-hydrogen) atoms. The van der Waals surface area contributed by atoms with Gasteiger partial charge in [0.1, 0.15) is 22.7 Å². The van der Waals surface area contributed by atoms with Crippen LogP contribution in [0.4, 0.5) is 5.95 Å². The first-order valence-electron chi connectivity index (χ1n) is 11.6. The Kier molecular flexibility index (Phi) is 7.13. The van der Waals surface area contributed by atoms with Crippen LogP contribution in [0, 0.1) is 11.3 Å². The lowest BCUT2D eigenvalue weighted by Gasteiger charge is -2.40. The number of hydrogen-bond donors (Lipinski definition) is 1. The summed E-state index contributed by atoms with van der Waals surface area (Å²) in [6.45, 7) is 2.96. The van der Waals surface area contributed by atoms with E-state index in [2.05, 4.69) is 21.0 Å². The number of aromatic nitrogens is 3. The third-order valence-corrected chi connectivity index (χ3v) is 8.10. The number of nitriles is 1. The van der Waals surface area contributed by atoms with Crippen molar-refractivity contribution in [1.29, 1.82) is 5.26 Å². The second kappa shape index (κ2) is 10.1. The second-order valence-corrected chi connectivity index (χ2v) is 11.0. The SMILES string of the molecule is COc1cccc(OC)c1-n1c(NS(=O)(=O)[C@H](C)CN2C(=O)CCC[C@]2(C)C#N)nnc1-c1ccco1. The van der Waals surface area contributed by atoms with Crippen LogP contribution in [-0.4, -0.2) is 65.5 Å². The Labute approximate surface area is 214 Å². The Morgan fingerprint density at radius 1 is 1.22 bits per heavy atom. The van der Waals surface area contributed by atoms with E-state index in [1.807, 2.05) is 0 Å². The molecule has 4 rings (SSSR count). The molecule has 1 aliphatic rings. The Balaban J connectivity index is 1.75. The van der Waals surface area contributed by atoms with Gasteiger partial charge in [-0.25, -0.2) is 8.42 Å². The van der Waals surface area contributed by atoms with Gasteiger partial charge in [-0.05, 0) is 51.0 Å². The largest absolute Gasteiger partial charge is 0.494 e. The van der Waals surface area contributed by atoms with E-state index in [1.165, 1.54) is 36.9 Å². The Morgan fingerprint density at radius 2 is 1.92 bits per heavy atom. The number of carbonyl (C=O) groups excluding carboxylic acids is 1. The number of carbonyl (C=O) groups is 1. The normalized spacial score (nSPS) is 18.8. The number of rotatable bonds is 9. The minimum Gasteiger partial charge on any atom is -0.494 e. The van der Waals surface area contributed by atoms with E-state index in [1.54, 1.807) is 37.3 Å². The molecule has 1 amide bonds. The summed E-state index contributed by atoms with van der Waals surface area (Å²) in [6, 6.07) is 10.6. The number of benzene rings is 1. The first-order chi connectivity index (χ1) is 17.6. The van der Waals surface area contributed by atoms with Gasteiger partial charge in [0.25, 0.3) is 0 Å². The van der Waals surface area contributed by atoms with Crippen molar-refractivity contribution in [1.82, 2.24) is 19.7 Å². The molecule has 0 aliphatic carbocycles. The minimum absolute atomic E-state index is 0.130. The molecule has 0 spiro atoms. The van der Waals surface area contributed by atoms with Gasteiger partial charge >= 0.3 is 0 Å². The number of hydrogen-bond acceptors (Lipinski definition) is 9. The summed E-state index contributed by atoms with van der Waals surface area (Å²) in [7, 11) is -1.16. The number of amides is 1. The van der Waals surface area contributed by atoms with E-state index in [9.17, 15) is 18.5 Å². The monoisotopic (exact) mass is 528 g/mol. The number of nitrogens with one attached hydrogen (secondary N) is 1. The van der Waals surface area contributed by atoms with Crippen LogP contribution in [0.5, 0.6) is 11.5 Å². The molecule has 1 saturated heterocycles. The average Bonchev–Trinajstić information content (AvgIpc) is 3.55. The van der Waals surface area contributed by atoms with Crippen molar-refractivity contribution < 1.29 is 27.1 Å². The number of piperidine rings is 1. The summed E-state index contributed by atoms with van der Waals surface area (Å²) in [5.41, 5.74) is -0.714. The highest BCUT2D eigenvalue weighted by Crippen LogP contribution is 2.38. The molecule has 0 saturated carbocycles. The number of anilines is 1. The van der Waals surface area contributed by atoms with Crippen molar-refractivity contribution >= 4 is 21.9 Å². The minimum atomic E-state index is -4.11. The lowest BCUT2D eigenvalue weighted by molar-refractivity contribution is -0.138. The van der Waals surface area contributed by atoms with Crippen LogP contribution in [0.25, 0.3) is 17.3 Å². The lowest BCUT2D eigenvalue weighted by Crippen LogP contribution is -2.55. The molecule has 196 valence electrons. The fraction of sp³-hybridized carbons (Fsp3) is 0.417. The molecule has 0 bridgehead atoms. The molecule has 1 aliphatic heterocycles. The predicted octanol–water partition coefficient (Wildman–Crippen LogP) is 2.97. The summed E-state index contributed by atoms with van der Waals surface area (Å²) in [4.78, 5) is 13.9. The van der Waals surface area contributed by atoms with Crippen LogP contribution in [0.3, 0.4) is 0 Å². The molecule has 1 aromatic carbocycles. The zero-order valence-electron chi connectivity index (χ0n) is 21.0. The van der Waals surface area contributed by atoms with Crippen molar-refractivity contribution in [2.45, 2.75) is 43.9 Å². The van der Waals surface area contributed by atoms with E-state index in [4.69, 9.17) is 13.9 Å². The van der Waals surface area contributed by atoms with Crippen molar-refractivity contribution in [3.63, 3.8) is 0 Å². The topological polar surface area (TPSA) is 153 Å². The van der Waals surface area contributed by atoms with Crippen LogP contribution in [0.15, 0.2) is 41.0 Å². The van der Waals surface area contributed by atoms with Crippen molar-refractivity contribution in [2.24, 2.45) is 0 Å². The molecule has 0 radical (unpaired) electrons. The first-order valence-corrected chi connectivity index (χ1v) is 13.1. The van der Waals surface area contributed by atoms with Crippen LogP contribution >= 0.6 is 0 Å². The summed E-state index contributed by atoms with van der Waals surface area (Å²) in [5.74, 6) is 0.922. The molecule has 1 N–H and O–H groups in total. The number of methoxy groups -OCH3 is 2. The Morgan fingerprint density at radius 3 is 2.51 bits per heavy atom. The molecule has 3 aromatic rings. The van der Waals surface area contributed by atoms with E-state index in [-0.39, 0.29) is 30.6 Å². The standard InChI is InChI=1S/C24H28N6O6S/c1-16(14-29-20(31)11-6-12-24(29,2)15-25)37(32,33)28-23-27-26-22(19-10-7-13-36-19)30(23)21-17(34-3)8-5-9-18(21)35-4/h5,7-10,13,16H,6,11-12,14H2,1-4H3,(H,27,28)/t16-,24-/m1/s1. The zero-order chi connectivity index (χ0) is 26.8. The molecule has 12 nitrogen and oxygen atoms in total. The fourth-order valence-electron chi connectivity index (χ4n) is 4.31. The van der Waals surface area contributed by atoms with E-state index >= 15 is 0 Å². The summed E-state index contributed by atoms with van der Waals surface area (Å²) >= 11 is 0. The second-order valence-electron chi connectivity index (χ2n) is 8.87. The van der Waals surface area contributed by atoms with Crippen molar-refractivity contribution in [2.75, 3.05) is 25.5 Å². The fourth-order valence-corrected chi connectivity index (χ4v) is 5.24. The molecule has 2 aromatic heterocycles. The number of sulfonamides is 1. The van der Waals surface area contributed by atoms with Gasteiger partial charge < -0.3 is 18.8 Å². The number of para-hydroxylation sites is 1. The van der Waals surface area contributed by atoms with Gasteiger partial charge in [-0.2, -0.15) is 5.26 Å². The zero-order valence-corrected chi connectivity index (χ0v) is 21.8. The van der Waals surface area contributed by atoms with Gasteiger partial charge in [-0.3, -0.25) is 14.1 Å². The van der Waals surface area contributed by atoms with Gasteiger partial charge in [-0.15, -0.1) is 10.2 Å². The van der Waals surface area contributed by atoms with Crippen LogP contribution in [0.1, 0.15) is 33.1 Å². The summed E-state index contributed by atoms with van der Waals surface area (Å²) in [6.07, 6.45) is 2.79. The van der Waals surface area contributed by atoms with Crippen LogP contribution in [0.2, 0.25) is 0 Å². The molecule has 3 heterocycles. The van der Waals surface area contributed by atoms with E-state index < -0.39 is 20.8 Å². The van der Waals surface area contributed by atoms with Crippen molar-refractivity contribution in [3.05, 3.63) is 36.6 Å². The molecule has 2 atom stereocenters. The molecular formula is C24H28N6O6S. The molecule has 1 fully saturated rings. The maximum Gasteiger partial charge on any atom is 0.243 e. The highest BCUT2D eigenvalue weighted by atomic mass is 32.2. The third kappa shape index (κ3) is 4.84. The quantitative estimate of drug-likeness (QED) is 0.442. The highest BCUT2D eigenvalue weighted by Gasteiger charge is 2.41. The molecule has 0 unspecified atom stereocenters. The molecular weight excluding hydrogens is 500 g/mol. The summed E-state index contributed by atoms with van der Waals surface area (Å²) in [5, 5.41) is 16.9.